The van der Waals surface area contributed by atoms with Gasteiger partial charge in [-0.25, -0.2) is 9.59 Å². The minimum absolute atomic E-state index is 0.163. The molecule has 5 aromatic rings. The fourth-order valence-corrected chi connectivity index (χ4v) is 5.53. The number of tetrazole rings is 1. The molecule has 0 aliphatic heterocycles. The highest BCUT2D eigenvalue weighted by Gasteiger charge is 2.25. The zero-order valence-electron chi connectivity index (χ0n) is 24.4. The van der Waals surface area contributed by atoms with Crippen LogP contribution < -0.4 is 4.74 Å². The SMILES string of the molecule is COc1nc2cccc(C(=O)O[C@H](C)OC(=O)OC3CCCCC3)c2n1Cc1ccc(-c2ccccc2-c2nn[nH]n2)cc1. The summed E-state index contributed by atoms with van der Waals surface area (Å²) in [6.07, 6.45) is 2.65. The van der Waals surface area contributed by atoms with Crippen molar-refractivity contribution < 1.29 is 28.5 Å². The maximum absolute atomic E-state index is 13.3. The monoisotopic (exact) mass is 596 g/mol. The second-order valence-electron chi connectivity index (χ2n) is 10.6. The Hall–Kier alpha value is -5.26. The molecule has 0 saturated heterocycles. The lowest BCUT2D eigenvalue weighted by atomic mass is 9.98. The number of hydrogen-bond acceptors (Lipinski definition) is 10. The second-order valence-corrected chi connectivity index (χ2v) is 10.6. The van der Waals surface area contributed by atoms with Gasteiger partial charge in [0.15, 0.2) is 0 Å². The highest BCUT2D eigenvalue weighted by Crippen LogP contribution is 2.31. The number of hydrogen-bond donors (Lipinski definition) is 1. The molecule has 12 heteroatoms. The molecule has 1 atom stereocenters. The molecule has 0 amide bonds. The first-order valence-electron chi connectivity index (χ1n) is 14.5. The maximum Gasteiger partial charge on any atom is 0.511 e. The van der Waals surface area contributed by atoms with E-state index in [-0.39, 0.29) is 11.7 Å². The molecule has 0 unspecified atom stereocenters. The van der Waals surface area contributed by atoms with Gasteiger partial charge in [0.2, 0.25) is 12.1 Å². The summed E-state index contributed by atoms with van der Waals surface area (Å²) >= 11 is 0. The molecule has 0 radical (unpaired) electrons. The number of methoxy groups -OCH3 is 1. The van der Waals surface area contributed by atoms with Crippen molar-refractivity contribution in [3.8, 4) is 28.5 Å². The second kappa shape index (κ2) is 12.9. The van der Waals surface area contributed by atoms with Crippen LogP contribution in [0.1, 0.15) is 54.9 Å². The molecule has 226 valence electrons. The Labute approximate surface area is 253 Å². The molecule has 1 aliphatic rings. The van der Waals surface area contributed by atoms with Gasteiger partial charge in [-0.1, -0.05) is 61.0 Å². The van der Waals surface area contributed by atoms with E-state index in [0.717, 1.165) is 54.4 Å². The predicted octanol–water partition coefficient (Wildman–Crippen LogP) is 5.93. The Morgan fingerprint density at radius 3 is 2.45 bits per heavy atom. The van der Waals surface area contributed by atoms with Gasteiger partial charge in [-0.3, -0.25) is 4.57 Å². The van der Waals surface area contributed by atoms with Crippen LogP contribution in [0, 0.1) is 0 Å². The van der Waals surface area contributed by atoms with Gasteiger partial charge in [-0.2, -0.15) is 10.2 Å². The van der Waals surface area contributed by atoms with E-state index >= 15 is 0 Å². The number of fused-ring (bicyclic) bond motifs is 1. The van der Waals surface area contributed by atoms with Crippen molar-refractivity contribution in [2.45, 2.75) is 58.0 Å². The van der Waals surface area contributed by atoms with Crippen molar-refractivity contribution in [2.75, 3.05) is 7.11 Å². The van der Waals surface area contributed by atoms with E-state index in [1.54, 1.807) is 18.2 Å². The zero-order valence-corrected chi connectivity index (χ0v) is 24.4. The molecular weight excluding hydrogens is 564 g/mol. The maximum atomic E-state index is 13.3. The molecule has 2 aromatic heterocycles. The summed E-state index contributed by atoms with van der Waals surface area (Å²) in [5, 5.41) is 14.4. The third-order valence-corrected chi connectivity index (χ3v) is 7.60. The predicted molar refractivity (Wildman–Crippen MR) is 160 cm³/mol. The Morgan fingerprint density at radius 1 is 0.955 bits per heavy atom. The number of carbonyl (C=O) groups excluding carboxylic acids is 2. The number of imidazole rings is 1. The number of nitrogens with zero attached hydrogens (tertiary/aromatic N) is 5. The van der Waals surface area contributed by atoms with E-state index in [4.69, 9.17) is 18.9 Å². The standard InChI is InChI=1S/C32H32N6O6/c1-20(43-32(40)44-23-9-4-3-5-10-23)42-30(39)26-13-8-14-27-28(26)38(31(33-27)41-2)19-21-15-17-22(18-16-21)24-11-6-7-12-25(24)29-34-36-37-35-29/h6-8,11-18,20,23H,3-5,9-10,19H2,1-2H3,(H,34,35,36,37)/t20-/m0/s1. The highest BCUT2D eigenvalue weighted by atomic mass is 16.8. The Bertz CT molecular complexity index is 1750. The molecular formula is C32H32N6O6. The van der Waals surface area contributed by atoms with Crippen LogP contribution in [0.25, 0.3) is 33.5 Å². The smallest absolute Gasteiger partial charge is 0.468 e. The third kappa shape index (κ3) is 6.24. The van der Waals surface area contributed by atoms with E-state index in [9.17, 15) is 9.59 Å². The van der Waals surface area contributed by atoms with Crippen molar-refractivity contribution in [3.63, 3.8) is 0 Å². The lowest BCUT2D eigenvalue weighted by molar-refractivity contribution is -0.0914. The number of esters is 1. The molecule has 6 rings (SSSR count). The molecule has 0 spiro atoms. The summed E-state index contributed by atoms with van der Waals surface area (Å²) in [5.74, 6) is -0.148. The summed E-state index contributed by atoms with van der Waals surface area (Å²) in [4.78, 5) is 30.2. The van der Waals surface area contributed by atoms with Gasteiger partial charge in [0.25, 0.3) is 6.01 Å². The van der Waals surface area contributed by atoms with Gasteiger partial charge in [0, 0.05) is 12.5 Å². The van der Waals surface area contributed by atoms with Gasteiger partial charge in [0.1, 0.15) is 6.10 Å². The number of para-hydroxylation sites is 1. The van der Waals surface area contributed by atoms with Gasteiger partial charge in [-0.15, -0.1) is 10.2 Å². The van der Waals surface area contributed by atoms with Crippen LogP contribution >= 0.6 is 0 Å². The summed E-state index contributed by atoms with van der Waals surface area (Å²) in [7, 11) is 1.53. The minimum Gasteiger partial charge on any atom is -0.468 e. The number of H-pyrrole nitrogens is 1. The first-order valence-corrected chi connectivity index (χ1v) is 14.5. The van der Waals surface area contributed by atoms with Crippen molar-refractivity contribution in [1.29, 1.82) is 0 Å². The number of aromatic nitrogens is 6. The summed E-state index contributed by atoms with van der Waals surface area (Å²) in [5.41, 5.74) is 5.13. The lowest BCUT2D eigenvalue weighted by Crippen LogP contribution is -2.26. The van der Waals surface area contributed by atoms with Gasteiger partial charge in [0.05, 0.1) is 30.3 Å². The molecule has 3 aromatic carbocycles. The van der Waals surface area contributed by atoms with Gasteiger partial charge >= 0.3 is 12.1 Å². The normalized spacial score (nSPS) is 14.2. The average Bonchev–Trinajstić information content (AvgIpc) is 3.70. The molecule has 1 saturated carbocycles. The molecule has 0 bridgehead atoms. The van der Waals surface area contributed by atoms with Gasteiger partial charge in [-0.05, 0) is 59.7 Å². The highest BCUT2D eigenvalue weighted by molar-refractivity contribution is 6.02. The van der Waals surface area contributed by atoms with Crippen LogP contribution in [-0.4, -0.2) is 61.8 Å². The topological polar surface area (TPSA) is 143 Å². The van der Waals surface area contributed by atoms with Crippen LogP contribution in [0.3, 0.4) is 0 Å². The largest absolute Gasteiger partial charge is 0.511 e. The molecule has 1 fully saturated rings. The Kier molecular flexibility index (Phi) is 8.48. The van der Waals surface area contributed by atoms with Gasteiger partial charge < -0.3 is 18.9 Å². The molecule has 12 nitrogen and oxygen atoms in total. The zero-order chi connectivity index (χ0) is 30.5. The van der Waals surface area contributed by atoms with Crippen molar-refractivity contribution in [3.05, 3.63) is 77.9 Å². The fraction of sp³-hybridized carbons (Fsp3) is 0.312. The number of nitrogens with one attached hydrogen (secondary N) is 1. The van der Waals surface area contributed by atoms with Crippen LogP contribution in [0.15, 0.2) is 66.7 Å². The quantitative estimate of drug-likeness (QED) is 0.161. The van der Waals surface area contributed by atoms with Crippen molar-refractivity contribution >= 4 is 23.2 Å². The number of benzene rings is 3. The molecule has 1 aliphatic carbocycles. The Morgan fingerprint density at radius 2 is 1.73 bits per heavy atom. The van der Waals surface area contributed by atoms with Crippen molar-refractivity contribution in [1.82, 2.24) is 30.2 Å². The number of aromatic amines is 1. The minimum atomic E-state index is -1.14. The van der Waals surface area contributed by atoms with Crippen LogP contribution in [0.4, 0.5) is 4.79 Å². The van der Waals surface area contributed by atoms with E-state index < -0.39 is 18.4 Å². The van der Waals surface area contributed by atoms with E-state index in [0.29, 0.717) is 29.4 Å². The van der Waals surface area contributed by atoms with Crippen LogP contribution in [0.5, 0.6) is 6.01 Å². The Balaban J connectivity index is 1.21. The van der Waals surface area contributed by atoms with E-state index in [1.807, 2.05) is 53.1 Å². The number of carbonyl (C=O) groups is 2. The number of rotatable bonds is 9. The van der Waals surface area contributed by atoms with Crippen molar-refractivity contribution in [2.24, 2.45) is 0 Å². The summed E-state index contributed by atoms with van der Waals surface area (Å²) < 4.78 is 23.5. The van der Waals surface area contributed by atoms with E-state index in [1.165, 1.54) is 14.0 Å². The number of ether oxygens (including phenoxy) is 4. The first-order chi connectivity index (χ1) is 21.5. The molecule has 44 heavy (non-hydrogen) atoms. The van der Waals surface area contributed by atoms with Crippen LogP contribution in [-0.2, 0) is 20.8 Å². The summed E-state index contributed by atoms with van der Waals surface area (Å²) in [6, 6.07) is 21.4. The lowest BCUT2D eigenvalue weighted by Gasteiger charge is -2.22. The van der Waals surface area contributed by atoms with Crippen LogP contribution in [0.2, 0.25) is 0 Å². The third-order valence-electron chi connectivity index (χ3n) is 7.60. The first kappa shape index (κ1) is 28.8. The summed E-state index contributed by atoms with van der Waals surface area (Å²) in [6.45, 7) is 1.85. The molecule has 2 heterocycles. The average molecular weight is 597 g/mol. The van der Waals surface area contributed by atoms with E-state index in [2.05, 4.69) is 25.6 Å². The fourth-order valence-electron chi connectivity index (χ4n) is 5.53. The molecule has 1 N–H and O–H groups in total.